The Kier molecular flexibility index (Phi) is 8.41. The van der Waals surface area contributed by atoms with Crippen molar-refractivity contribution in [1.29, 1.82) is 0 Å². The van der Waals surface area contributed by atoms with Crippen molar-refractivity contribution < 1.29 is 19.2 Å². The van der Waals surface area contributed by atoms with E-state index in [1.807, 2.05) is 25.1 Å². The SMILES string of the molecule is CCCc1sc(C(=O)/C=C/c2ccc(OC)c(COc3cc(C)ccc3[N+](=O)[O-])c2)cc1Br. The number of ether oxygens (including phenoxy) is 2. The fourth-order valence-electron chi connectivity index (χ4n) is 3.24. The molecule has 0 N–H and O–H groups in total. The second-order valence-electron chi connectivity index (χ2n) is 7.42. The van der Waals surface area contributed by atoms with Gasteiger partial charge in [0.25, 0.3) is 0 Å². The Labute approximate surface area is 205 Å². The highest BCUT2D eigenvalue weighted by molar-refractivity contribution is 9.10. The number of thiophene rings is 1. The molecule has 0 unspecified atom stereocenters. The van der Waals surface area contributed by atoms with Crippen LogP contribution in [0.5, 0.6) is 11.5 Å². The maximum atomic E-state index is 12.6. The highest BCUT2D eigenvalue weighted by Crippen LogP contribution is 2.31. The lowest BCUT2D eigenvalue weighted by Crippen LogP contribution is -2.02. The van der Waals surface area contributed by atoms with Gasteiger partial charge < -0.3 is 9.47 Å². The molecule has 0 aliphatic heterocycles. The van der Waals surface area contributed by atoms with Gasteiger partial charge in [0.15, 0.2) is 11.5 Å². The molecule has 172 valence electrons. The molecule has 0 fully saturated rings. The van der Waals surface area contributed by atoms with Gasteiger partial charge in [-0.3, -0.25) is 14.9 Å². The Morgan fingerprint density at radius 3 is 2.67 bits per heavy atom. The zero-order valence-electron chi connectivity index (χ0n) is 18.6. The zero-order valence-corrected chi connectivity index (χ0v) is 21.0. The molecule has 0 spiro atoms. The van der Waals surface area contributed by atoms with Gasteiger partial charge in [0, 0.05) is 21.0 Å². The van der Waals surface area contributed by atoms with Gasteiger partial charge in [-0.25, -0.2) is 0 Å². The standard InChI is InChI=1S/C25H24BrNO5S/c1-4-5-24-19(26)14-25(33-24)21(28)10-7-17-8-11-22(31-3)18(13-17)15-32-23-12-16(2)6-9-20(23)27(29)30/h6-14H,4-5,15H2,1-3H3/b10-7+. The first-order chi connectivity index (χ1) is 15.8. The Morgan fingerprint density at radius 1 is 1.18 bits per heavy atom. The first kappa shape index (κ1) is 24.7. The molecule has 8 heteroatoms. The maximum absolute atomic E-state index is 12.6. The molecular weight excluding hydrogens is 506 g/mol. The Morgan fingerprint density at radius 2 is 1.97 bits per heavy atom. The quantitative estimate of drug-likeness (QED) is 0.120. The normalized spacial score (nSPS) is 11.0. The van der Waals surface area contributed by atoms with Gasteiger partial charge in [-0.05, 0) is 70.7 Å². The molecule has 0 radical (unpaired) electrons. The average molecular weight is 530 g/mol. The topological polar surface area (TPSA) is 78.7 Å². The van der Waals surface area contributed by atoms with E-state index in [1.54, 1.807) is 37.5 Å². The van der Waals surface area contributed by atoms with Crippen molar-refractivity contribution in [2.24, 2.45) is 0 Å². The fourth-order valence-corrected chi connectivity index (χ4v) is 5.13. The first-order valence-electron chi connectivity index (χ1n) is 10.4. The van der Waals surface area contributed by atoms with Crippen molar-refractivity contribution in [3.05, 3.63) is 89.6 Å². The van der Waals surface area contributed by atoms with E-state index in [1.165, 1.54) is 22.3 Å². The second-order valence-corrected chi connectivity index (χ2v) is 9.41. The minimum atomic E-state index is -0.467. The molecule has 0 atom stereocenters. The zero-order chi connectivity index (χ0) is 24.0. The van der Waals surface area contributed by atoms with Crippen LogP contribution in [0.15, 0.2) is 53.0 Å². The van der Waals surface area contributed by atoms with Crippen LogP contribution < -0.4 is 9.47 Å². The Hall–Kier alpha value is -2.97. The van der Waals surface area contributed by atoms with Crippen LogP contribution >= 0.6 is 27.3 Å². The number of hydrogen-bond donors (Lipinski definition) is 0. The molecule has 3 aromatic rings. The monoisotopic (exact) mass is 529 g/mol. The number of benzene rings is 2. The van der Waals surface area contributed by atoms with E-state index < -0.39 is 4.92 Å². The summed E-state index contributed by atoms with van der Waals surface area (Å²) < 4.78 is 12.2. The van der Waals surface area contributed by atoms with Crippen molar-refractivity contribution in [2.45, 2.75) is 33.3 Å². The third kappa shape index (κ3) is 6.30. The number of methoxy groups -OCH3 is 1. The fraction of sp³-hybridized carbons (Fsp3) is 0.240. The van der Waals surface area contributed by atoms with Crippen LogP contribution in [0.4, 0.5) is 5.69 Å². The number of carbonyl (C=O) groups is 1. The van der Waals surface area contributed by atoms with E-state index in [-0.39, 0.29) is 23.8 Å². The van der Waals surface area contributed by atoms with Gasteiger partial charge in [0.2, 0.25) is 0 Å². The minimum Gasteiger partial charge on any atom is -0.496 e. The van der Waals surface area contributed by atoms with Crippen molar-refractivity contribution in [1.82, 2.24) is 0 Å². The molecule has 0 aliphatic carbocycles. The minimum absolute atomic E-state index is 0.0629. The van der Waals surface area contributed by atoms with Crippen molar-refractivity contribution in [2.75, 3.05) is 7.11 Å². The van der Waals surface area contributed by atoms with E-state index in [0.29, 0.717) is 16.2 Å². The summed E-state index contributed by atoms with van der Waals surface area (Å²) in [5.74, 6) is 0.733. The lowest BCUT2D eigenvalue weighted by Gasteiger charge is -2.12. The molecular formula is C25H24BrNO5S. The van der Waals surface area contributed by atoms with Crippen LogP contribution in [-0.4, -0.2) is 17.8 Å². The summed E-state index contributed by atoms with van der Waals surface area (Å²) in [5, 5.41) is 11.3. The summed E-state index contributed by atoms with van der Waals surface area (Å²) in [6, 6.07) is 12.1. The summed E-state index contributed by atoms with van der Waals surface area (Å²) in [6.07, 6.45) is 5.24. The summed E-state index contributed by atoms with van der Waals surface area (Å²) in [5.41, 5.74) is 2.28. The molecule has 6 nitrogen and oxygen atoms in total. The number of nitrogens with zero attached hydrogens (tertiary/aromatic N) is 1. The molecule has 0 bridgehead atoms. The maximum Gasteiger partial charge on any atom is 0.310 e. The Bertz CT molecular complexity index is 1200. The molecule has 2 aromatic carbocycles. The van der Waals surface area contributed by atoms with Crippen LogP contribution in [0.2, 0.25) is 0 Å². The first-order valence-corrected chi connectivity index (χ1v) is 12.0. The lowest BCUT2D eigenvalue weighted by atomic mass is 10.1. The van der Waals surface area contributed by atoms with E-state index in [2.05, 4.69) is 22.9 Å². The summed E-state index contributed by atoms with van der Waals surface area (Å²) in [6.45, 7) is 4.04. The number of nitro groups is 1. The third-order valence-electron chi connectivity index (χ3n) is 4.90. The highest BCUT2D eigenvalue weighted by atomic mass is 79.9. The van der Waals surface area contributed by atoms with Gasteiger partial charge in [-0.15, -0.1) is 11.3 Å². The van der Waals surface area contributed by atoms with Crippen LogP contribution in [-0.2, 0) is 13.0 Å². The van der Waals surface area contributed by atoms with Crippen molar-refractivity contribution >= 4 is 44.8 Å². The van der Waals surface area contributed by atoms with E-state index in [0.717, 1.165) is 28.4 Å². The summed E-state index contributed by atoms with van der Waals surface area (Å²) in [4.78, 5) is 25.3. The molecule has 1 aromatic heterocycles. The molecule has 1 heterocycles. The number of halogens is 1. The smallest absolute Gasteiger partial charge is 0.310 e. The second kappa shape index (κ2) is 11.2. The molecule has 0 aliphatic rings. The van der Waals surface area contributed by atoms with Gasteiger partial charge >= 0.3 is 5.69 Å². The number of rotatable bonds is 10. The number of aryl methyl sites for hydroxylation is 2. The van der Waals surface area contributed by atoms with Gasteiger partial charge in [0.05, 0.1) is 16.9 Å². The average Bonchev–Trinajstić information content (AvgIpc) is 3.16. The predicted molar refractivity (Wildman–Crippen MR) is 135 cm³/mol. The van der Waals surface area contributed by atoms with Crippen LogP contribution in [0.1, 0.15) is 44.6 Å². The largest absolute Gasteiger partial charge is 0.496 e. The van der Waals surface area contributed by atoms with E-state index in [4.69, 9.17) is 9.47 Å². The van der Waals surface area contributed by atoms with Crippen LogP contribution in [0, 0.1) is 17.0 Å². The number of hydrogen-bond acceptors (Lipinski definition) is 6. The van der Waals surface area contributed by atoms with Crippen molar-refractivity contribution in [3.63, 3.8) is 0 Å². The number of carbonyl (C=O) groups excluding carboxylic acids is 1. The summed E-state index contributed by atoms with van der Waals surface area (Å²) >= 11 is 5.03. The van der Waals surface area contributed by atoms with Crippen molar-refractivity contribution in [3.8, 4) is 11.5 Å². The van der Waals surface area contributed by atoms with Crippen LogP contribution in [0.3, 0.4) is 0 Å². The molecule has 3 rings (SSSR count). The van der Waals surface area contributed by atoms with Gasteiger partial charge in [0.1, 0.15) is 12.4 Å². The third-order valence-corrected chi connectivity index (χ3v) is 7.08. The molecule has 0 amide bonds. The van der Waals surface area contributed by atoms with Crippen LogP contribution in [0.25, 0.3) is 6.08 Å². The number of ketones is 1. The molecule has 33 heavy (non-hydrogen) atoms. The van der Waals surface area contributed by atoms with E-state index in [9.17, 15) is 14.9 Å². The van der Waals surface area contributed by atoms with E-state index >= 15 is 0 Å². The van der Waals surface area contributed by atoms with Gasteiger partial charge in [-0.2, -0.15) is 0 Å². The summed E-state index contributed by atoms with van der Waals surface area (Å²) in [7, 11) is 1.55. The number of allylic oxidation sites excluding steroid dienone is 1. The van der Waals surface area contributed by atoms with Gasteiger partial charge in [-0.1, -0.05) is 31.6 Å². The lowest BCUT2D eigenvalue weighted by molar-refractivity contribution is -0.386. The predicted octanol–water partition coefficient (Wildman–Crippen LogP) is 7.16. The highest BCUT2D eigenvalue weighted by Gasteiger charge is 2.16. The Balaban J connectivity index is 1.78. The molecule has 0 saturated carbocycles. The molecule has 0 saturated heterocycles. The number of nitro benzene ring substituents is 1.